The normalized spacial score (nSPS) is 18.5. The SMILES string of the molecule is O=C(OCc1ccccc1)N1CCC/C(=N/N2CCCc3ccccc32)CC1. The molecule has 0 aliphatic carbocycles. The van der Waals surface area contributed by atoms with E-state index >= 15 is 0 Å². The Morgan fingerprint density at radius 1 is 0.893 bits per heavy atom. The highest BCUT2D eigenvalue weighted by Crippen LogP contribution is 2.27. The van der Waals surface area contributed by atoms with Crippen molar-refractivity contribution in [1.82, 2.24) is 4.90 Å². The second-order valence-corrected chi connectivity index (χ2v) is 7.40. The van der Waals surface area contributed by atoms with Crippen molar-refractivity contribution >= 4 is 17.5 Å². The standard InChI is InChI=1S/C23H27N3O2/c27-23(28-18-19-8-2-1-3-9-19)25-15-7-12-21(14-17-25)24-26-16-6-11-20-10-4-5-13-22(20)26/h1-5,8-10,13H,6-7,11-12,14-18H2/b24-21-. The molecule has 1 fully saturated rings. The number of hydrazone groups is 1. The summed E-state index contributed by atoms with van der Waals surface area (Å²) in [6.45, 7) is 2.68. The molecule has 0 spiro atoms. The number of hydrogen-bond donors (Lipinski definition) is 0. The molecular weight excluding hydrogens is 350 g/mol. The number of amides is 1. The van der Waals surface area contributed by atoms with E-state index in [-0.39, 0.29) is 6.09 Å². The number of likely N-dealkylation sites (tertiary alicyclic amines) is 1. The summed E-state index contributed by atoms with van der Waals surface area (Å²) in [6.07, 6.45) is 4.69. The molecule has 0 radical (unpaired) electrons. The molecule has 28 heavy (non-hydrogen) atoms. The number of rotatable bonds is 3. The van der Waals surface area contributed by atoms with Gasteiger partial charge in [0.2, 0.25) is 0 Å². The molecule has 1 saturated heterocycles. The number of carbonyl (C=O) groups is 1. The Hall–Kier alpha value is -2.82. The van der Waals surface area contributed by atoms with Gasteiger partial charge >= 0.3 is 6.09 Å². The fourth-order valence-corrected chi connectivity index (χ4v) is 3.86. The van der Waals surface area contributed by atoms with Gasteiger partial charge in [-0.3, -0.25) is 5.01 Å². The zero-order valence-electron chi connectivity index (χ0n) is 16.2. The van der Waals surface area contributed by atoms with Crippen LogP contribution in [0.2, 0.25) is 0 Å². The monoisotopic (exact) mass is 377 g/mol. The van der Waals surface area contributed by atoms with Crippen LogP contribution in [0.3, 0.4) is 0 Å². The fraction of sp³-hybridized carbons (Fsp3) is 0.391. The van der Waals surface area contributed by atoms with E-state index in [1.165, 1.54) is 17.0 Å². The summed E-state index contributed by atoms with van der Waals surface area (Å²) in [5.41, 5.74) is 4.79. The van der Waals surface area contributed by atoms with Crippen LogP contribution in [0.4, 0.5) is 10.5 Å². The van der Waals surface area contributed by atoms with E-state index in [4.69, 9.17) is 9.84 Å². The summed E-state index contributed by atoms with van der Waals surface area (Å²) in [6, 6.07) is 18.3. The Morgan fingerprint density at radius 3 is 2.57 bits per heavy atom. The predicted molar refractivity (Wildman–Crippen MR) is 112 cm³/mol. The summed E-state index contributed by atoms with van der Waals surface area (Å²) in [4.78, 5) is 14.3. The Morgan fingerprint density at radius 2 is 1.68 bits per heavy atom. The van der Waals surface area contributed by atoms with E-state index in [1.807, 2.05) is 35.2 Å². The lowest BCUT2D eigenvalue weighted by atomic mass is 10.0. The van der Waals surface area contributed by atoms with Gasteiger partial charge in [-0.25, -0.2) is 4.79 Å². The average molecular weight is 377 g/mol. The Kier molecular flexibility index (Phi) is 5.90. The van der Waals surface area contributed by atoms with Crippen LogP contribution in [0.1, 0.15) is 36.8 Å². The summed E-state index contributed by atoms with van der Waals surface area (Å²) in [5.74, 6) is 0. The van der Waals surface area contributed by atoms with Crippen molar-refractivity contribution in [2.75, 3.05) is 24.6 Å². The lowest BCUT2D eigenvalue weighted by molar-refractivity contribution is 0.0978. The van der Waals surface area contributed by atoms with Crippen LogP contribution in [-0.2, 0) is 17.8 Å². The van der Waals surface area contributed by atoms with E-state index in [2.05, 4.69) is 29.3 Å². The minimum Gasteiger partial charge on any atom is -0.445 e. The number of nitrogens with zero attached hydrogens (tertiary/aromatic N) is 3. The van der Waals surface area contributed by atoms with Crippen molar-refractivity contribution in [2.24, 2.45) is 5.10 Å². The number of aryl methyl sites for hydroxylation is 1. The van der Waals surface area contributed by atoms with Gasteiger partial charge in [0.25, 0.3) is 0 Å². The quantitative estimate of drug-likeness (QED) is 0.784. The molecule has 2 aliphatic rings. The lowest BCUT2D eigenvalue weighted by Crippen LogP contribution is -2.32. The van der Waals surface area contributed by atoms with Gasteiger partial charge in [0.1, 0.15) is 6.61 Å². The van der Waals surface area contributed by atoms with Crippen LogP contribution < -0.4 is 5.01 Å². The van der Waals surface area contributed by atoms with Gasteiger partial charge < -0.3 is 9.64 Å². The molecule has 0 N–H and O–H groups in total. The maximum atomic E-state index is 12.4. The van der Waals surface area contributed by atoms with Gasteiger partial charge in [-0.05, 0) is 42.9 Å². The van der Waals surface area contributed by atoms with E-state index in [9.17, 15) is 4.79 Å². The van der Waals surface area contributed by atoms with Crippen LogP contribution in [0.5, 0.6) is 0 Å². The summed E-state index contributed by atoms with van der Waals surface area (Å²) in [7, 11) is 0. The highest BCUT2D eigenvalue weighted by atomic mass is 16.6. The van der Waals surface area contributed by atoms with Crippen LogP contribution in [-0.4, -0.2) is 36.3 Å². The first-order chi connectivity index (χ1) is 13.8. The summed E-state index contributed by atoms with van der Waals surface area (Å²) < 4.78 is 5.49. The second-order valence-electron chi connectivity index (χ2n) is 7.40. The van der Waals surface area contributed by atoms with Crippen LogP contribution >= 0.6 is 0 Å². The van der Waals surface area contributed by atoms with Gasteiger partial charge in [-0.2, -0.15) is 5.10 Å². The van der Waals surface area contributed by atoms with Crippen LogP contribution in [0.15, 0.2) is 59.7 Å². The molecule has 146 valence electrons. The maximum absolute atomic E-state index is 12.4. The fourth-order valence-electron chi connectivity index (χ4n) is 3.86. The second kappa shape index (κ2) is 8.91. The molecule has 5 heteroatoms. The number of anilines is 1. The van der Waals surface area contributed by atoms with Crippen molar-refractivity contribution in [3.63, 3.8) is 0 Å². The Balaban J connectivity index is 1.35. The molecule has 0 bridgehead atoms. The molecule has 5 nitrogen and oxygen atoms in total. The molecule has 2 aromatic rings. The summed E-state index contributed by atoms with van der Waals surface area (Å²) >= 11 is 0. The van der Waals surface area contributed by atoms with E-state index in [1.54, 1.807) is 0 Å². The molecule has 4 rings (SSSR count). The number of benzene rings is 2. The molecule has 0 aromatic heterocycles. The molecule has 0 unspecified atom stereocenters. The Labute approximate surface area is 166 Å². The minimum absolute atomic E-state index is 0.228. The maximum Gasteiger partial charge on any atom is 0.410 e. The van der Waals surface area contributed by atoms with E-state index in [0.717, 1.165) is 50.8 Å². The number of carbonyl (C=O) groups excluding carboxylic acids is 1. The van der Waals surface area contributed by atoms with Crippen molar-refractivity contribution < 1.29 is 9.53 Å². The first-order valence-corrected chi connectivity index (χ1v) is 10.2. The summed E-state index contributed by atoms with van der Waals surface area (Å²) in [5, 5.41) is 7.11. The molecule has 0 saturated carbocycles. The number of hydrogen-bond acceptors (Lipinski definition) is 4. The first kappa shape index (κ1) is 18.5. The largest absolute Gasteiger partial charge is 0.445 e. The number of fused-ring (bicyclic) bond motifs is 1. The zero-order chi connectivity index (χ0) is 19.2. The van der Waals surface area contributed by atoms with Crippen molar-refractivity contribution in [3.8, 4) is 0 Å². The number of ether oxygens (including phenoxy) is 1. The van der Waals surface area contributed by atoms with E-state index < -0.39 is 0 Å². The molecule has 2 aromatic carbocycles. The van der Waals surface area contributed by atoms with Gasteiger partial charge in [0.15, 0.2) is 0 Å². The lowest BCUT2D eigenvalue weighted by Gasteiger charge is -2.27. The average Bonchev–Trinajstić information content (AvgIpc) is 2.99. The van der Waals surface area contributed by atoms with Crippen molar-refractivity contribution in [1.29, 1.82) is 0 Å². The predicted octanol–water partition coefficient (Wildman–Crippen LogP) is 4.62. The van der Waals surface area contributed by atoms with Gasteiger partial charge in [-0.1, -0.05) is 48.5 Å². The molecule has 2 aliphatic heterocycles. The number of para-hydroxylation sites is 1. The molecule has 2 heterocycles. The topological polar surface area (TPSA) is 45.1 Å². The van der Waals surface area contributed by atoms with Gasteiger partial charge in [-0.15, -0.1) is 0 Å². The van der Waals surface area contributed by atoms with Crippen LogP contribution in [0.25, 0.3) is 0 Å². The van der Waals surface area contributed by atoms with Crippen LogP contribution in [0, 0.1) is 0 Å². The first-order valence-electron chi connectivity index (χ1n) is 10.2. The third kappa shape index (κ3) is 4.53. The van der Waals surface area contributed by atoms with E-state index in [0.29, 0.717) is 13.2 Å². The third-order valence-corrected chi connectivity index (χ3v) is 5.37. The minimum atomic E-state index is -0.228. The third-order valence-electron chi connectivity index (χ3n) is 5.37. The highest BCUT2D eigenvalue weighted by molar-refractivity contribution is 5.86. The molecular formula is C23H27N3O2. The van der Waals surface area contributed by atoms with Gasteiger partial charge in [0.05, 0.1) is 5.69 Å². The highest BCUT2D eigenvalue weighted by Gasteiger charge is 2.21. The Bertz CT molecular complexity index is 835. The smallest absolute Gasteiger partial charge is 0.410 e. The van der Waals surface area contributed by atoms with Crippen molar-refractivity contribution in [2.45, 2.75) is 38.7 Å². The molecule has 1 amide bonds. The molecule has 0 atom stereocenters. The van der Waals surface area contributed by atoms with Gasteiger partial charge in [0, 0.05) is 31.8 Å². The van der Waals surface area contributed by atoms with Crippen molar-refractivity contribution in [3.05, 3.63) is 65.7 Å². The zero-order valence-corrected chi connectivity index (χ0v) is 16.2.